The van der Waals surface area contributed by atoms with E-state index in [0.717, 1.165) is 11.1 Å². The van der Waals surface area contributed by atoms with E-state index in [9.17, 15) is 28.8 Å². The lowest BCUT2D eigenvalue weighted by molar-refractivity contribution is -0.146. The van der Waals surface area contributed by atoms with Gasteiger partial charge in [0.1, 0.15) is 36.9 Å². The third-order valence-corrected chi connectivity index (χ3v) is 7.22. The van der Waals surface area contributed by atoms with Crippen molar-refractivity contribution in [2.45, 2.75) is 104 Å². The van der Waals surface area contributed by atoms with Gasteiger partial charge in [-0.2, -0.15) is 0 Å². The average molecular weight is 669 g/mol. The number of hydrogen-bond donors (Lipinski definition) is 4. The number of hydrogen-bond acceptors (Lipinski definition) is 9. The Balaban J connectivity index is 2.14. The van der Waals surface area contributed by atoms with E-state index in [0.29, 0.717) is 6.42 Å². The van der Waals surface area contributed by atoms with Gasteiger partial charge in [-0.25, -0.2) is 4.79 Å². The fourth-order valence-electron chi connectivity index (χ4n) is 4.37. The Bertz CT molecular complexity index is 1360. The fourth-order valence-corrected chi connectivity index (χ4v) is 4.37. The van der Waals surface area contributed by atoms with Crippen LogP contribution in [0.2, 0.25) is 0 Å². The first kappa shape index (κ1) is 39.2. The summed E-state index contributed by atoms with van der Waals surface area (Å²) < 4.78 is 15.9. The SMILES string of the molecule is CC[C@@H](C)[C@@H](NC(=O)OC(C)(C)C)C(=O)N[C@@H](CCC(=O)OCc1ccccc1)C(=O)N[C@@H](CCC(=O)OCc1ccccc1)C(N)=O. The Hall–Kier alpha value is -4.94. The topological polar surface area (TPSA) is 192 Å². The van der Waals surface area contributed by atoms with E-state index in [1.807, 2.05) is 19.1 Å². The Morgan fingerprint density at radius 2 is 1.17 bits per heavy atom. The predicted molar refractivity (Wildman–Crippen MR) is 177 cm³/mol. The molecule has 0 bridgehead atoms. The molecule has 0 unspecified atom stereocenters. The third kappa shape index (κ3) is 15.1. The van der Waals surface area contributed by atoms with E-state index in [2.05, 4.69) is 16.0 Å². The summed E-state index contributed by atoms with van der Waals surface area (Å²) in [6.07, 6.45) is -1.16. The number of nitrogens with one attached hydrogen (secondary N) is 3. The van der Waals surface area contributed by atoms with E-state index in [-0.39, 0.29) is 44.8 Å². The van der Waals surface area contributed by atoms with E-state index >= 15 is 0 Å². The molecule has 0 aliphatic rings. The minimum Gasteiger partial charge on any atom is -0.461 e. The van der Waals surface area contributed by atoms with E-state index < -0.39 is 59.5 Å². The molecule has 4 amide bonds. The van der Waals surface area contributed by atoms with Crippen molar-refractivity contribution in [2.75, 3.05) is 0 Å². The molecule has 48 heavy (non-hydrogen) atoms. The molecule has 2 rings (SSSR count). The lowest BCUT2D eigenvalue weighted by Crippen LogP contribution is -2.58. The van der Waals surface area contributed by atoms with Crippen molar-refractivity contribution in [3.8, 4) is 0 Å². The first-order chi connectivity index (χ1) is 22.7. The molecule has 5 N–H and O–H groups in total. The molecule has 0 heterocycles. The third-order valence-electron chi connectivity index (χ3n) is 7.22. The molecule has 262 valence electrons. The second-order valence-corrected chi connectivity index (χ2v) is 12.4. The maximum absolute atomic E-state index is 13.5. The molecule has 0 fully saturated rings. The number of esters is 2. The molecule has 0 spiro atoms. The summed E-state index contributed by atoms with van der Waals surface area (Å²) in [4.78, 5) is 76.8. The van der Waals surface area contributed by atoms with Crippen LogP contribution in [0.3, 0.4) is 0 Å². The van der Waals surface area contributed by atoms with Gasteiger partial charge >= 0.3 is 18.0 Å². The van der Waals surface area contributed by atoms with Crippen molar-refractivity contribution in [3.05, 3.63) is 71.8 Å². The average Bonchev–Trinajstić information content (AvgIpc) is 3.04. The zero-order chi connectivity index (χ0) is 35.7. The number of carbonyl (C=O) groups excluding carboxylic acids is 6. The summed E-state index contributed by atoms with van der Waals surface area (Å²) in [6.45, 7) is 8.68. The normalized spacial score (nSPS) is 13.5. The van der Waals surface area contributed by atoms with Crippen molar-refractivity contribution in [2.24, 2.45) is 11.7 Å². The lowest BCUT2D eigenvalue weighted by Gasteiger charge is -2.28. The number of amides is 4. The van der Waals surface area contributed by atoms with Gasteiger partial charge in [-0.05, 0) is 50.7 Å². The number of nitrogens with two attached hydrogens (primary N) is 1. The molecule has 0 aromatic heterocycles. The van der Waals surface area contributed by atoms with Gasteiger partial charge in [0, 0.05) is 12.8 Å². The van der Waals surface area contributed by atoms with Crippen molar-refractivity contribution < 1.29 is 43.0 Å². The summed E-state index contributed by atoms with van der Waals surface area (Å²) in [5, 5.41) is 7.66. The Morgan fingerprint density at radius 3 is 1.60 bits per heavy atom. The van der Waals surface area contributed by atoms with Gasteiger partial charge in [0.2, 0.25) is 17.7 Å². The zero-order valence-corrected chi connectivity index (χ0v) is 28.3. The number of carbonyl (C=O) groups is 6. The highest BCUT2D eigenvalue weighted by Gasteiger charge is 2.33. The molecule has 4 atom stereocenters. The fraction of sp³-hybridized carbons (Fsp3) is 0.486. The van der Waals surface area contributed by atoms with Gasteiger partial charge in [-0.3, -0.25) is 24.0 Å². The number of primary amides is 1. The number of alkyl carbamates (subject to hydrolysis) is 1. The van der Waals surface area contributed by atoms with Gasteiger partial charge in [-0.1, -0.05) is 80.9 Å². The summed E-state index contributed by atoms with van der Waals surface area (Å²) in [5.74, 6) is -4.01. The van der Waals surface area contributed by atoms with Crippen molar-refractivity contribution in [3.63, 3.8) is 0 Å². The van der Waals surface area contributed by atoms with Crippen LogP contribution < -0.4 is 21.7 Å². The Labute approximate surface area is 281 Å². The van der Waals surface area contributed by atoms with Crippen LogP contribution >= 0.6 is 0 Å². The molecule has 0 saturated heterocycles. The van der Waals surface area contributed by atoms with Gasteiger partial charge in [0.15, 0.2) is 0 Å². The second-order valence-electron chi connectivity index (χ2n) is 12.4. The van der Waals surface area contributed by atoms with Crippen LogP contribution in [-0.4, -0.2) is 59.5 Å². The molecule has 0 aliphatic heterocycles. The summed E-state index contributed by atoms with van der Waals surface area (Å²) in [6, 6.07) is 14.3. The molecule has 2 aromatic carbocycles. The van der Waals surface area contributed by atoms with E-state index in [1.54, 1.807) is 76.2 Å². The first-order valence-electron chi connectivity index (χ1n) is 16.0. The van der Waals surface area contributed by atoms with Crippen molar-refractivity contribution >= 4 is 35.8 Å². The molecular formula is C35H48N4O9. The highest BCUT2D eigenvalue weighted by molar-refractivity contribution is 5.94. The number of benzene rings is 2. The van der Waals surface area contributed by atoms with Crippen LogP contribution in [0.5, 0.6) is 0 Å². The molecule has 0 saturated carbocycles. The Morgan fingerprint density at radius 1 is 0.708 bits per heavy atom. The monoisotopic (exact) mass is 668 g/mol. The molecule has 13 heteroatoms. The number of rotatable bonds is 18. The predicted octanol–water partition coefficient (Wildman–Crippen LogP) is 3.43. The Kier molecular flexibility index (Phi) is 16.1. The van der Waals surface area contributed by atoms with E-state index in [4.69, 9.17) is 19.9 Å². The van der Waals surface area contributed by atoms with E-state index in [1.165, 1.54) is 0 Å². The maximum Gasteiger partial charge on any atom is 0.408 e. The first-order valence-corrected chi connectivity index (χ1v) is 16.0. The molecule has 13 nitrogen and oxygen atoms in total. The molecule has 0 radical (unpaired) electrons. The summed E-state index contributed by atoms with van der Waals surface area (Å²) >= 11 is 0. The molecule has 2 aromatic rings. The van der Waals surface area contributed by atoms with Crippen LogP contribution in [0.1, 0.15) is 77.8 Å². The highest BCUT2D eigenvalue weighted by atomic mass is 16.6. The smallest absolute Gasteiger partial charge is 0.408 e. The van der Waals surface area contributed by atoms with Crippen LogP contribution in [0, 0.1) is 5.92 Å². The van der Waals surface area contributed by atoms with Crippen LogP contribution in [-0.2, 0) is 51.4 Å². The van der Waals surface area contributed by atoms with Crippen molar-refractivity contribution in [1.29, 1.82) is 0 Å². The maximum atomic E-state index is 13.5. The van der Waals surface area contributed by atoms with Crippen LogP contribution in [0.25, 0.3) is 0 Å². The highest BCUT2D eigenvalue weighted by Crippen LogP contribution is 2.13. The van der Waals surface area contributed by atoms with Gasteiger partial charge in [0.25, 0.3) is 0 Å². The molecule has 0 aliphatic carbocycles. The minimum atomic E-state index is -1.33. The summed E-state index contributed by atoms with van der Waals surface area (Å²) in [5.41, 5.74) is 6.27. The number of ether oxygens (including phenoxy) is 3. The van der Waals surface area contributed by atoms with Crippen LogP contribution in [0.15, 0.2) is 60.7 Å². The largest absolute Gasteiger partial charge is 0.461 e. The lowest BCUT2D eigenvalue weighted by atomic mass is 9.97. The van der Waals surface area contributed by atoms with Crippen molar-refractivity contribution in [1.82, 2.24) is 16.0 Å². The standard InChI is InChI=1S/C35H48N4O9/c1-6-23(2)30(39-34(45)48-35(3,4)5)33(44)38-27(18-20-29(41)47-22-25-15-11-8-12-16-25)32(43)37-26(31(36)42)17-19-28(40)46-21-24-13-9-7-10-14-24/h7-16,23,26-27,30H,6,17-22H2,1-5H3,(H2,36,42)(H,37,43)(H,38,44)(H,39,45)/t23-,26+,27+,30-/m1/s1. The van der Waals surface area contributed by atoms with Gasteiger partial charge in [-0.15, -0.1) is 0 Å². The van der Waals surface area contributed by atoms with Crippen LogP contribution in [0.4, 0.5) is 4.79 Å². The van der Waals surface area contributed by atoms with Gasteiger partial charge < -0.3 is 35.9 Å². The second kappa shape index (κ2) is 19.7. The zero-order valence-electron chi connectivity index (χ0n) is 28.3. The quantitative estimate of drug-likeness (QED) is 0.136. The summed E-state index contributed by atoms with van der Waals surface area (Å²) in [7, 11) is 0. The van der Waals surface area contributed by atoms with Gasteiger partial charge in [0.05, 0.1) is 0 Å². The molecular weight excluding hydrogens is 620 g/mol. The minimum absolute atomic E-state index is 0.0168.